The number of nitro benzene ring substituents is 1. The van der Waals surface area contributed by atoms with E-state index in [9.17, 15) is 10.1 Å². The van der Waals surface area contributed by atoms with E-state index < -0.39 is 0 Å². The number of rotatable bonds is 10. The van der Waals surface area contributed by atoms with Crippen molar-refractivity contribution in [2.45, 2.75) is 25.8 Å². The lowest BCUT2D eigenvalue weighted by molar-refractivity contribution is -0.384. The topological polar surface area (TPSA) is 75.4 Å². The molecule has 112 valence electrons. The zero-order valence-electron chi connectivity index (χ0n) is 11.7. The Kier molecular flexibility index (Phi) is 8.25. The zero-order chi connectivity index (χ0) is 14.8. The van der Waals surface area contributed by atoms with Gasteiger partial charge in [0.25, 0.3) is 5.69 Å². The van der Waals surface area contributed by atoms with Crippen molar-refractivity contribution in [3.8, 4) is 0 Å². The summed E-state index contributed by atoms with van der Waals surface area (Å²) in [5, 5.41) is 22.9. The average Bonchev–Trinajstić information content (AvgIpc) is 2.46. The maximum absolute atomic E-state index is 10.8. The first kappa shape index (κ1) is 16.9. The average molecular weight is 298 g/mol. The molecule has 2 N–H and O–H groups in total. The smallest absolute Gasteiger partial charge is 0.269 e. The van der Waals surface area contributed by atoms with Crippen LogP contribution in [0.5, 0.6) is 0 Å². The number of aliphatic hydroxyl groups excluding tert-OH is 1. The first-order chi connectivity index (χ1) is 9.69. The van der Waals surface area contributed by atoms with Crippen LogP contribution in [0.15, 0.2) is 24.3 Å². The molecule has 0 amide bonds. The Morgan fingerprint density at radius 1 is 1.45 bits per heavy atom. The Balaban J connectivity index is 2.45. The van der Waals surface area contributed by atoms with Crippen molar-refractivity contribution in [3.05, 3.63) is 39.9 Å². The fourth-order valence-electron chi connectivity index (χ4n) is 1.93. The van der Waals surface area contributed by atoms with E-state index >= 15 is 0 Å². The van der Waals surface area contributed by atoms with Crippen molar-refractivity contribution in [2.24, 2.45) is 0 Å². The van der Waals surface area contributed by atoms with E-state index in [0.717, 1.165) is 36.5 Å². The molecule has 0 aliphatic heterocycles. The molecular weight excluding hydrogens is 276 g/mol. The van der Waals surface area contributed by atoms with Gasteiger partial charge < -0.3 is 10.4 Å². The number of nitrogens with one attached hydrogen (secondary N) is 1. The van der Waals surface area contributed by atoms with Crippen LogP contribution >= 0.6 is 11.8 Å². The van der Waals surface area contributed by atoms with Crippen molar-refractivity contribution >= 4 is 17.4 Å². The lowest BCUT2D eigenvalue weighted by Crippen LogP contribution is -2.23. The molecule has 0 saturated heterocycles. The predicted molar refractivity (Wildman–Crippen MR) is 83.2 cm³/mol. The first-order valence-corrected chi connectivity index (χ1v) is 8.00. The molecule has 0 fully saturated rings. The Labute approximate surface area is 123 Å². The van der Waals surface area contributed by atoms with Gasteiger partial charge in [-0.15, -0.1) is 0 Å². The number of aliphatic hydroxyl groups is 1. The number of thioether (sulfide) groups is 1. The molecule has 0 heterocycles. The Bertz CT molecular complexity index is 415. The highest BCUT2D eigenvalue weighted by Crippen LogP contribution is 2.21. The van der Waals surface area contributed by atoms with Crippen LogP contribution in [0.2, 0.25) is 0 Å². The van der Waals surface area contributed by atoms with Crippen molar-refractivity contribution in [2.75, 3.05) is 24.7 Å². The lowest BCUT2D eigenvalue weighted by Gasteiger charge is -2.17. The molecule has 0 aliphatic carbocycles. The van der Waals surface area contributed by atoms with Crippen LogP contribution in [0.25, 0.3) is 0 Å². The van der Waals surface area contributed by atoms with Gasteiger partial charge in [0.1, 0.15) is 0 Å². The molecule has 0 radical (unpaired) electrons. The number of non-ortho nitro benzene ring substituents is 1. The van der Waals surface area contributed by atoms with E-state index in [-0.39, 0.29) is 23.3 Å². The van der Waals surface area contributed by atoms with Crippen LogP contribution in [0, 0.1) is 10.1 Å². The third kappa shape index (κ3) is 5.90. The van der Waals surface area contributed by atoms with Gasteiger partial charge in [-0.25, -0.2) is 0 Å². The molecule has 0 bridgehead atoms. The lowest BCUT2D eigenvalue weighted by atomic mass is 10.0. The molecule has 1 atom stereocenters. The summed E-state index contributed by atoms with van der Waals surface area (Å²) in [6.07, 6.45) is 1.72. The van der Waals surface area contributed by atoms with E-state index in [2.05, 4.69) is 12.2 Å². The molecule has 0 saturated carbocycles. The van der Waals surface area contributed by atoms with Gasteiger partial charge >= 0.3 is 0 Å². The normalized spacial score (nSPS) is 12.3. The molecule has 1 aromatic carbocycles. The number of hydrogen-bond acceptors (Lipinski definition) is 5. The van der Waals surface area contributed by atoms with Gasteiger partial charge in [-0.2, -0.15) is 11.8 Å². The van der Waals surface area contributed by atoms with Crippen molar-refractivity contribution in [1.82, 2.24) is 5.32 Å². The standard InChI is InChI=1S/C14H22N2O3S/c1-2-14(15-7-10-20-9-4-8-17)12-5-3-6-13(11-12)16(18)19/h3,5-6,11,14-15,17H,2,4,7-10H2,1H3. The largest absolute Gasteiger partial charge is 0.396 e. The van der Waals surface area contributed by atoms with Gasteiger partial charge in [0.15, 0.2) is 0 Å². The Hall–Kier alpha value is -1.11. The van der Waals surface area contributed by atoms with E-state index in [1.54, 1.807) is 23.9 Å². The predicted octanol–water partition coefficient (Wildman–Crippen LogP) is 2.75. The summed E-state index contributed by atoms with van der Waals surface area (Å²) in [5.74, 6) is 1.94. The van der Waals surface area contributed by atoms with Gasteiger partial charge in [-0.05, 0) is 24.2 Å². The van der Waals surface area contributed by atoms with Crippen LogP contribution in [-0.2, 0) is 0 Å². The molecule has 6 heteroatoms. The molecule has 5 nitrogen and oxygen atoms in total. The first-order valence-electron chi connectivity index (χ1n) is 6.85. The fraction of sp³-hybridized carbons (Fsp3) is 0.571. The maximum Gasteiger partial charge on any atom is 0.269 e. The van der Waals surface area contributed by atoms with Crippen LogP contribution in [0.3, 0.4) is 0 Å². The number of benzene rings is 1. The highest BCUT2D eigenvalue weighted by molar-refractivity contribution is 7.99. The van der Waals surface area contributed by atoms with E-state index in [1.165, 1.54) is 6.07 Å². The van der Waals surface area contributed by atoms with Gasteiger partial charge in [0.2, 0.25) is 0 Å². The summed E-state index contributed by atoms with van der Waals surface area (Å²) < 4.78 is 0. The minimum Gasteiger partial charge on any atom is -0.396 e. The summed E-state index contributed by atoms with van der Waals surface area (Å²) >= 11 is 1.80. The van der Waals surface area contributed by atoms with Crippen LogP contribution in [-0.4, -0.2) is 34.7 Å². The molecule has 20 heavy (non-hydrogen) atoms. The summed E-state index contributed by atoms with van der Waals surface area (Å²) in [6.45, 7) is 3.17. The maximum atomic E-state index is 10.8. The van der Waals surface area contributed by atoms with Crippen LogP contribution < -0.4 is 5.32 Å². The highest BCUT2D eigenvalue weighted by atomic mass is 32.2. The third-order valence-electron chi connectivity index (χ3n) is 2.98. The monoisotopic (exact) mass is 298 g/mol. The second-order valence-corrected chi connectivity index (χ2v) is 5.68. The summed E-state index contributed by atoms with van der Waals surface area (Å²) in [5.41, 5.74) is 1.10. The minimum absolute atomic E-state index is 0.139. The molecule has 0 aliphatic rings. The summed E-state index contributed by atoms with van der Waals surface area (Å²) in [7, 11) is 0. The van der Waals surface area contributed by atoms with E-state index in [4.69, 9.17) is 5.11 Å². The SMILES string of the molecule is CCC(NCCSCCCO)c1cccc([N+](=O)[O-])c1. The number of nitrogens with zero attached hydrogens (tertiary/aromatic N) is 1. The van der Waals surface area contributed by atoms with Crippen molar-refractivity contribution in [3.63, 3.8) is 0 Å². The van der Waals surface area contributed by atoms with Crippen LogP contribution in [0.4, 0.5) is 5.69 Å². The third-order valence-corrected chi connectivity index (χ3v) is 4.05. The second-order valence-electron chi connectivity index (χ2n) is 4.46. The van der Waals surface area contributed by atoms with E-state index in [0.29, 0.717) is 0 Å². The summed E-state index contributed by atoms with van der Waals surface area (Å²) in [4.78, 5) is 10.4. The van der Waals surface area contributed by atoms with Crippen LogP contribution in [0.1, 0.15) is 31.4 Å². The minimum atomic E-state index is -0.360. The van der Waals surface area contributed by atoms with Gasteiger partial charge in [0, 0.05) is 37.1 Å². The molecule has 1 rings (SSSR count). The quantitative estimate of drug-likeness (QED) is 0.394. The van der Waals surface area contributed by atoms with Gasteiger partial charge in [0.05, 0.1) is 4.92 Å². The van der Waals surface area contributed by atoms with Crippen molar-refractivity contribution < 1.29 is 10.0 Å². The zero-order valence-corrected chi connectivity index (χ0v) is 12.6. The molecule has 1 aromatic rings. The van der Waals surface area contributed by atoms with E-state index in [1.807, 2.05) is 6.07 Å². The number of nitro groups is 1. The highest BCUT2D eigenvalue weighted by Gasteiger charge is 2.12. The Morgan fingerprint density at radius 3 is 2.90 bits per heavy atom. The van der Waals surface area contributed by atoms with Gasteiger partial charge in [-0.1, -0.05) is 19.1 Å². The Morgan fingerprint density at radius 2 is 2.25 bits per heavy atom. The fourth-order valence-corrected chi connectivity index (χ4v) is 2.73. The molecular formula is C14H22N2O3S. The molecule has 1 unspecified atom stereocenters. The number of hydrogen-bond donors (Lipinski definition) is 2. The second kappa shape index (κ2) is 9.74. The molecule has 0 spiro atoms. The van der Waals surface area contributed by atoms with Crippen molar-refractivity contribution in [1.29, 1.82) is 0 Å². The van der Waals surface area contributed by atoms with Gasteiger partial charge in [-0.3, -0.25) is 10.1 Å². The molecule has 0 aromatic heterocycles. The summed E-state index contributed by atoms with van der Waals surface area (Å²) in [6, 6.07) is 6.95.